The van der Waals surface area contributed by atoms with E-state index >= 15 is 0 Å². The van der Waals surface area contributed by atoms with E-state index in [0.29, 0.717) is 24.2 Å². The Hall–Kier alpha value is -2.41. The van der Waals surface area contributed by atoms with Gasteiger partial charge in [-0.1, -0.05) is 54.9 Å². The molecule has 2 fully saturated rings. The van der Waals surface area contributed by atoms with Gasteiger partial charge < -0.3 is 14.8 Å². The van der Waals surface area contributed by atoms with Crippen LogP contribution in [0.3, 0.4) is 0 Å². The maximum absolute atomic E-state index is 13.1. The predicted octanol–water partition coefficient (Wildman–Crippen LogP) is 10.4. The Balaban J connectivity index is 0.000000626. The van der Waals surface area contributed by atoms with Crippen LogP contribution in [0.1, 0.15) is 117 Å². The highest BCUT2D eigenvalue weighted by molar-refractivity contribution is 8.00. The number of benzene rings is 1. The summed E-state index contributed by atoms with van der Waals surface area (Å²) in [5, 5.41) is 3.77. The summed E-state index contributed by atoms with van der Waals surface area (Å²) in [6.07, 6.45) is 7.26. The summed E-state index contributed by atoms with van der Waals surface area (Å²) in [4.78, 5) is 13.9. The Morgan fingerprint density at radius 3 is 2.09 bits per heavy atom. The number of hydrogen-bond donors (Lipinski definition) is 1. The SMILES string of the molecule is CC.CC(C)C.CCCC=O.CCCc1cc(OC(C)F)ccc1F.Cc1cc(C(NC2(C)CSC2)=C2CC2)cnc1C. The lowest BCUT2D eigenvalue weighted by Crippen LogP contribution is -2.52. The Bertz CT molecular complexity index is 1090. The number of unbranched alkanes of at least 4 members (excludes halogenated alkanes) is 1. The second-order valence-corrected chi connectivity index (χ2v) is 12.6. The summed E-state index contributed by atoms with van der Waals surface area (Å²) in [7, 11) is 0. The van der Waals surface area contributed by atoms with Crippen LogP contribution in [-0.4, -0.2) is 34.7 Å². The van der Waals surface area contributed by atoms with Gasteiger partial charge in [0.25, 0.3) is 0 Å². The zero-order chi connectivity index (χ0) is 33.0. The molecule has 1 aliphatic heterocycles. The van der Waals surface area contributed by atoms with Crippen LogP contribution in [0.2, 0.25) is 0 Å². The normalized spacial score (nSPS) is 14.4. The highest BCUT2D eigenvalue weighted by atomic mass is 32.2. The Morgan fingerprint density at radius 1 is 1.09 bits per heavy atom. The van der Waals surface area contributed by atoms with E-state index < -0.39 is 6.36 Å². The summed E-state index contributed by atoms with van der Waals surface area (Å²) in [5.74, 6) is 3.37. The number of aryl methyl sites for hydroxylation is 3. The molecule has 1 saturated carbocycles. The number of halogens is 2. The first-order valence-corrected chi connectivity index (χ1v) is 17.1. The number of aromatic nitrogens is 1. The Morgan fingerprint density at radius 2 is 1.70 bits per heavy atom. The van der Waals surface area contributed by atoms with E-state index in [4.69, 9.17) is 4.74 Å². The quantitative estimate of drug-likeness (QED) is 0.283. The fourth-order valence-corrected chi connectivity index (χ4v) is 4.59. The van der Waals surface area contributed by atoms with Crippen LogP contribution >= 0.6 is 11.8 Å². The molecule has 1 unspecified atom stereocenters. The first kappa shape index (κ1) is 40.6. The molecule has 1 aromatic heterocycles. The predicted molar refractivity (Wildman–Crippen MR) is 183 cm³/mol. The van der Waals surface area contributed by atoms with E-state index in [1.807, 2.05) is 45.7 Å². The van der Waals surface area contributed by atoms with Gasteiger partial charge in [-0.3, -0.25) is 4.98 Å². The van der Waals surface area contributed by atoms with Gasteiger partial charge in [0.05, 0.1) is 5.54 Å². The van der Waals surface area contributed by atoms with Gasteiger partial charge in [-0.05, 0) is 93.3 Å². The van der Waals surface area contributed by atoms with Crippen LogP contribution in [-0.2, 0) is 11.2 Å². The number of alkyl halides is 1. The molecule has 1 atom stereocenters. The van der Waals surface area contributed by atoms with Crippen molar-refractivity contribution >= 4 is 23.7 Å². The minimum atomic E-state index is -1.37. The van der Waals surface area contributed by atoms with Gasteiger partial charge in [-0.15, -0.1) is 0 Å². The minimum Gasteiger partial charge on any atom is -0.461 e. The van der Waals surface area contributed by atoms with E-state index in [0.717, 1.165) is 30.7 Å². The van der Waals surface area contributed by atoms with Gasteiger partial charge in [0, 0.05) is 48.0 Å². The largest absolute Gasteiger partial charge is 0.461 e. The van der Waals surface area contributed by atoms with E-state index in [9.17, 15) is 13.6 Å². The van der Waals surface area contributed by atoms with Crippen molar-refractivity contribution in [3.8, 4) is 5.75 Å². The molecule has 1 N–H and O–H groups in total. The highest BCUT2D eigenvalue weighted by Crippen LogP contribution is 2.39. The van der Waals surface area contributed by atoms with Gasteiger partial charge in [0.2, 0.25) is 6.36 Å². The molecule has 1 aromatic carbocycles. The maximum atomic E-state index is 13.1. The lowest BCUT2D eigenvalue weighted by atomic mass is 10.0. The average molecular weight is 621 g/mol. The number of nitrogens with zero attached hydrogens (tertiary/aromatic N) is 1. The van der Waals surface area contributed by atoms with Crippen molar-refractivity contribution in [2.24, 2.45) is 5.92 Å². The molecular formula is C36H58F2N2O2S. The van der Waals surface area contributed by atoms with Crippen LogP contribution < -0.4 is 10.1 Å². The summed E-state index contributed by atoms with van der Waals surface area (Å²) < 4.78 is 30.5. The van der Waals surface area contributed by atoms with Crippen molar-refractivity contribution in [2.75, 3.05) is 11.5 Å². The second-order valence-electron chi connectivity index (χ2n) is 11.6. The van der Waals surface area contributed by atoms with E-state index in [1.165, 1.54) is 60.2 Å². The molecule has 244 valence electrons. The third-order valence-corrected chi connectivity index (χ3v) is 7.67. The van der Waals surface area contributed by atoms with E-state index in [1.54, 1.807) is 11.6 Å². The molecule has 0 radical (unpaired) electrons. The highest BCUT2D eigenvalue weighted by Gasteiger charge is 2.35. The van der Waals surface area contributed by atoms with Crippen LogP contribution in [0.25, 0.3) is 5.70 Å². The zero-order valence-electron chi connectivity index (χ0n) is 28.7. The van der Waals surface area contributed by atoms with Gasteiger partial charge in [-0.2, -0.15) is 11.8 Å². The molecule has 0 spiro atoms. The standard InChI is InChI=1S/C15H20N2S.C11H14F2O.C4H8O.C4H10.C2H6/c1-10-6-13(7-16-11(10)2)14(12-4-5-12)17-15(3)8-18-9-15;1-3-4-9-7-10(14-8(2)12)5-6-11(9)13;1-2-3-4-5;1-4(2)3;1-2/h6-7,17H,4-5,8-9H2,1-3H3;5-8H,3-4H2,1-2H3;4H,2-3H2,1H3;4H,1-3H3;1-2H3. The van der Waals surface area contributed by atoms with E-state index in [-0.39, 0.29) is 11.4 Å². The summed E-state index contributed by atoms with van der Waals surface area (Å²) >= 11 is 2.02. The number of carbonyl (C=O) groups excluding carboxylic acids is 1. The molecule has 2 aromatic rings. The third-order valence-electron chi connectivity index (χ3n) is 5.99. The lowest BCUT2D eigenvalue weighted by Gasteiger charge is -2.40. The third kappa shape index (κ3) is 17.5. The van der Waals surface area contributed by atoms with Crippen molar-refractivity contribution in [3.63, 3.8) is 0 Å². The number of ether oxygens (including phenoxy) is 1. The average Bonchev–Trinajstić information content (AvgIpc) is 3.77. The van der Waals surface area contributed by atoms with Gasteiger partial charge in [0.1, 0.15) is 17.9 Å². The molecule has 1 aliphatic carbocycles. The fraction of sp³-hybridized carbons (Fsp3) is 0.611. The first-order valence-electron chi connectivity index (χ1n) is 15.9. The number of pyridine rings is 1. The molecule has 43 heavy (non-hydrogen) atoms. The van der Waals surface area contributed by atoms with Crippen molar-refractivity contribution in [1.29, 1.82) is 0 Å². The Kier molecular flexibility index (Phi) is 20.9. The van der Waals surface area contributed by atoms with Crippen molar-refractivity contribution in [2.45, 2.75) is 127 Å². The van der Waals surface area contributed by atoms with Gasteiger partial charge >= 0.3 is 0 Å². The smallest absolute Gasteiger partial charge is 0.235 e. The van der Waals surface area contributed by atoms with Crippen LogP contribution in [0.4, 0.5) is 8.78 Å². The number of carbonyl (C=O) groups is 1. The Labute approximate surface area is 265 Å². The van der Waals surface area contributed by atoms with Crippen molar-refractivity contribution in [3.05, 3.63) is 64.2 Å². The molecule has 7 heteroatoms. The lowest BCUT2D eigenvalue weighted by molar-refractivity contribution is -0.107. The zero-order valence-corrected chi connectivity index (χ0v) is 29.5. The van der Waals surface area contributed by atoms with E-state index in [2.05, 4.69) is 57.9 Å². The molecule has 4 rings (SSSR count). The van der Waals surface area contributed by atoms with Crippen molar-refractivity contribution < 1.29 is 18.3 Å². The molecule has 4 nitrogen and oxygen atoms in total. The number of aldehydes is 1. The first-order chi connectivity index (χ1) is 20.3. The topological polar surface area (TPSA) is 51.2 Å². The monoisotopic (exact) mass is 620 g/mol. The summed E-state index contributed by atoms with van der Waals surface area (Å²) in [6.45, 7) is 22.3. The number of nitrogens with one attached hydrogen (secondary N) is 1. The molecule has 0 bridgehead atoms. The second kappa shape index (κ2) is 22.2. The molecule has 2 heterocycles. The summed E-state index contributed by atoms with van der Waals surface area (Å²) in [5.41, 5.74) is 7.46. The van der Waals surface area contributed by atoms with Crippen LogP contribution in [0.15, 0.2) is 36.0 Å². The van der Waals surface area contributed by atoms with Gasteiger partial charge in [-0.25, -0.2) is 8.78 Å². The number of allylic oxidation sites excluding steroid dienone is 1. The number of rotatable bonds is 9. The van der Waals surface area contributed by atoms with Crippen LogP contribution in [0, 0.1) is 25.6 Å². The van der Waals surface area contributed by atoms with Gasteiger partial charge in [0.15, 0.2) is 0 Å². The number of hydrogen-bond acceptors (Lipinski definition) is 5. The summed E-state index contributed by atoms with van der Waals surface area (Å²) in [6, 6.07) is 6.56. The number of thioether (sulfide) groups is 1. The molecule has 2 aliphatic rings. The maximum Gasteiger partial charge on any atom is 0.235 e. The molecule has 0 amide bonds. The van der Waals surface area contributed by atoms with Crippen molar-refractivity contribution in [1.82, 2.24) is 10.3 Å². The molecular weight excluding hydrogens is 562 g/mol. The molecule has 1 saturated heterocycles. The minimum absolute atomic E-state index is 0.259. The van der Waals surface area contributed by atoms with Crippen LogP contribution in [0.5, 0.6) is 5.75 Å². The fourth-order valence-electron chi connectivity index (χ4n) is 3.63.